The van der Waals surface area contributed by atoms with Crippen LogP contribution in [0.25, 0.3) is 0 Å². The van der Waals surface area contributed by atoms with Crippen LogP contribution in [0, 0.1) is 6.92 Å². The fourth-order valence-corrected chi connectivity index (χ4v) is 4.46. The summed E-state index contributed by atoms with van der Waals surface area (Å²) in [6.45, 7) is 5.95. The van der Waals surface area contributed by atoms with E-state index < -0.39 is 0 Å². The highest BCUT2D eigenvalue weighted by atomic mass is 35.5. The quantitative estimate of drug-likeness (QED) is 0.406. The third kappa shape index (κ3) is 5.68. The van der Waals surface area contributed by atoms with Gasteiger partial charge >= 0.3 is 0 Å². The number of rotatable bonds is 6. The van der Waals surface area contributed by atoms with Gasteiger partial charge in [0.15, 0.2) is 5.16 Å². The second kappa shape index (κ2) is 9.44. The highest BCUT2D eigenvalue weighted by molar-refractivity contribution is 7.99. The predicted octanol–water partition coefficient (Wildman–Crippen LogP) is 3.16. The van der Waals surface area contributed by atoms with Gasteiger partial charge in [0, 0.05) is 43.3 Å². The zero-order valence-electron chi connectivity index (χ0n) is 17.7. The summed E-state index contributed by atoms with van der Waals surface area (Å²) in [5.74, 6) is 1.03. The van der Waals surface area contributed by atoms with Crippen molar-refractivity contribution in [2.75, 3.05) is 30.3 Å². The van der Waals surface area contributed by atoms with Crippen molar-refractivity contribution in [3.63, 3.8) is 0 Å². The van der Waals surface area contributed by atoms with Gasteiger partial charge in [-0.15, -0.1) is 0 Å². The number of nitrogens with one attached hydrogen (secondary N) is 1. The largest absolute Gasteiger partial charge is 0.353 e. The van der Waals surface area contributed by atoms with E-state index >= 15 is 0 Å². The SMILES string of the molecule is Cc1ccc(C(=O)N2CCN(c3cc(Cl)nc(SCC(=O)NC4CC4)n3)CC2C)cc1. The Kier molecular flexibility index (Phi) is 6.67. The fraction of sp³-hybridized carbons (Fsp3) is 0.455. The Morgan fingerprint density at radius 3 is 2.61 bits per heavy atom. The minimum atomic E-state index is -0.00511. The van der Waals surface area contributed by atoms with E-state index in [0.29, 0.717) is 41.5 Å². The second-order valence-corrected chi connectivity index (χ2v) is 9.45. The smallest absolute Gasteiger partial charge is 0.254 e. The maximum absolute atomic E-state index is 12.9. The first-order valence-corrected chi connectivity index (χ1v) is 11.8. The van der Waals surface area contributed by atoms with E-state index in [-0.39, 0.29) is 23.6 Å². The van der Waals surface area contributed by atoms with Crippen LogP contribution in [0.2, 0.25) is 5.15 Å². The van der Waals surface area contributed by atoms with Crippen molar-refractivity contribution in [2.45, 2.75) is 43.9 Å². The number of amides is 2. The van der Waals surface area contributed by atoms with E-state index in [9.17, 15) is 9.59 Å². The summed E-state index contributed by atoms with van der Waals surface area (Å²) in [6.07, 6.45) is 2.12. The van der Waals surface area contributed by atoms with E-state index in [4.69, 9.17) is 11.6 Å². The Hall–Kier alpha value is -2.32. The molecule has 4 rings (SSSR count). The highest BCUT2D eigenvalue weighted by Crippen LogP contribution is 2.25. The van der Waals surface area contributed by atoms with Crippen molar-refractivity contribution in [1.82, 2.24) is 20.2 Å². The van der Waals surface area contributed by atoms with E-state index in [1.807, 2.05) is 43.0 Å². The molecule has 7 nitrogen and oxygen atoms in total. The summed E-state index contributed by atoms with van der Waals surface area (Å²) in [5.41, 5.74) is 1.84. The van der Waals surface area contributed by atoms with E-state index in [2.05, 4.69) is 20.2 Å². The van der Waals surface area contributed by atoms with Crippen molar-refractivity contribution in [3.8, 4) is 0 Å². The maximum atomic E-state index is 12.9. The molecule has 1 aromatic carbocycles. The summed E-state index contributed by atoms with van der Waals surface area (Å²) >= 11 is 7.52. The van der Waals surface area contributed by atoms with Gasteiger partial charge in [0.25, 0.3) is 5.91 Å². The third-order valence-corrected chi connectivity index (χ3v) is 6.49. The first-order valence-electron chi connectivity index (χ1n) is 10.5. The Bertz CT molecular complexity index is 967. The van der Waals surface area contributed by atoms with Crippen LogP contribution in [0.1, 0.15) is 35.7 Å². The number of hydrogen-bond donors (Lipinski definition) is 1. The molecule has 1 N–H and O–H groups in total. The Balaban J connectivity index is 1.38. The molecule has 1 aromatic heterocycles. The molecule has 164 valence electrons. The molecular weight excluding hydrogens is 434 g/mol. The number of hydrogen-bond acceptors (Lipinski definition) is 6. The number of aryl methyl sites for hydroxylation is 1. The number of piperazine rings is 1. The average molecular weight is 460 g/mol. The molecule has 1 unspecified atom stereocenters. The summed E-state index contributed by atoms with van der Waals surface area (Å²) < 4.78 is 0. The number of halogens is 1. The number of benzene rings is 1. The van der Waals surface area contributed by atoms with Gasteiger partial charge < -0.3 is 15.1 Å². The van der Waals surface area contributed by atoms with Gasteiger partial charge in [-0.2, -0.15) is 0 Å². The molecule has 9 heteroatoms. The standard InChI is InChI=1S/C22H26ClN5O2S/c1-14-3-5-16(6-4-14)21(30)28-10-9-27(12-15(28)2)19-11-18(23)25-22(26-19)31-13-20(29)24-17-7-8-17/h3-6,11,15,17H,7-10,12-13H2,1-2H3,(H,24,29). The topological polar surface area (TPSA) is 78.4 Å². The monoisotopic (exact) mass is 459 g/mol. The van der Waals surface area contributed by atoms with Crippen LogP contribution in [0.5, 0.6) is 0 Å². The van der Waals surface area contributed by atoms with Crippen LogP contribution >= 0.6 is 23.4 Å². The first kappa shape index (κ1) is 21.9. The molecule has 1 atom stereocenters. The van der Waals surface area contributed by atoms with Gasteiger partial charge in [0.1, 0.15) is 11.0 Å². The molecule has 31 heavy (non-hydrogen) atoms. The number of nitrogens with zero attached hydrogens (tertiary/aromatic N) is 4. The molecule has 2 aliphatic rings. The lowest BCUT2D eigenvalue weighted by atomic mass is 10.1. The zero-order valence-corrected chi connectivity index (χ0v) is 19.2. The molecular formula is C22H26ClN5O2S. The first-order chi connectivity index (χ1) is 14.9. The van der Waals surface area contributed by atoms with Gasteiger partial charge in [-0.1, -0.05) is 41.1 Å². The minimum absolute atomic E-state index is 0.00511. The number of thioether (sulfide) groups is 1. The van der Waals surface area contributed by atoms with E-state index in [1.165, 1.54) is 11.8 Å². The van der Waals surface area contributed by atoms with Gasteiger partial charge in [-0.3, -0.25) is 9.59 Å². The van der Waals surface area contributed by atoms with Crippen molar-refractivity contribution in [1.29, 1.82) is 0 Å². The Morgan fingerprint density at radius 2 is 1.94 bits per heavy atom. The molecule has 0 bridgehead atoms. The fourth-order valence-electron chi connectivity index (χ4n) is 3.57. The number of carbonyl (C=O) groups is 2. The van der Waals surface area contributed by atoms with Crippen molar-refractivity contribution >= 4 is 41.0 Å². The minimum Gasteiger partial charge on any atom is -0.353 e. The Labute approximate surface area is 191 Å². The lowest BCUT2D eigenvalue weighted by Crippen LogP contribution is -2.54. The summed E-state index contributed by atoms with van der Waals surface area (Å²) in [4.78, 5) is 37.7. The van der Waals surface area contributed by atoms with Crippen molar-refractivity contribution in [3.05, 3.63) is 46.6 Å². The molecule has 2 aromatic rings. The average Bonchev–Trinajstić information content (AvgIpc) is 3.56. The molecule has 0 spiro atoms. The highest BCUT2D eigenvalue weighted by Gasteiger charge is 2.29. The van der Waals surface area contributed by atoms with Gasteiger partial charge in [-0.25, -0.2) is 9.97 Å². The van der Waals surface area contributed by atoms with Crippen LogP contribution in [-0.2, 0) is 4.79 Å². The van der Waals surface area contributed by atoms with Crippen LogP contribution in [-0.4, -0.2) is 64.2 Å². The Morgan fingerprint density at radius 1 is 1.19 bits per heavy atom. The number of anilines is 1. The molecule has 1 aliphatic heterocycles. The van der Waals surface area contributed by atoms with E-state index in [0.717, 1.165) is 24.2 Å². The van der Waals surface area contributed by atoms with Crippen LogP contribution in [0.15, 0.2) is 35.5 Å². The van der Waals surface area contributed by atoms with Crippen LogP contribution in [0.3, 0.4) is 0 Å². The summed E-state index contributed by atoms with van der Waals surface area (Å²) in [7, 11) is 0. The van der Waals surface area contributed by atoms with Crippen LogP contribution in [0.4, 0.5) is 5.82 Å². The number of aromatic nitrogens is 2. The molecule has 0 radical (unpaired) electrons. The number of carbonyl (C=O) groups excluding carboxylic acids is 2. The summed E-state index contributed by atoms with van der Waals surface area (Å²) in [6, 6.07) is 9.77. The zero-order chi connectivity index (χ0) is 22.0. The lowest BCUT2D eigenvalue weighted by molar-refractivity contribution is -0.118. The lowest BCUT2D eigenvalue weighted by Gasteiger charge is -2.40. The normalized spacial score (nSPS) is 18.7. The van der Waals surface area contributed by atoms with Crippen molar-refractivity contribution < 1.29 is 9.59 Å². The predicted molar refractivity (Wildman–Crippen MR) is 123 cm³/mol. The van der Waals surface area contributed by atoms with Gasteiger partial charge in [0.05, 0.1) is 5.75 Å². The molecule has 2 fully saturated rings. The molecule has 2 heterocycles. The molecule has 1 aliphatic carbocycles. The molecule has 2 amide bonds. The van der Waals surface area contributed by atoms with E-state index in [1.54, 1.807) is 6.07 Å². The third-order valence-electron chi connectivity index (χ3n) is 5.45. The summed E-state index contributed by atoms with van der Waals surface area (Å²) in [5, 5.41) is 3.79. The molecule has 1 saturated heterocycles. The second-order valence-electron chi connectivity index (χ2n) is 8.12. The van der Waals surface area contributed by atoms with Crippen LogP contribution < -0.4 is 10.2 Å². The van der Waals surface area contributed by atoms with Crippen molar-refractivity contribution in [2.24, 2.45) is 0 Å². The maximum Gasteiger partial charge on any atom is 0.254 e. The van der Waals surface area contributed by atoms with Gasteiger partial charge in [0.2, 0.25) is 5.91 Å². The molecule has 1 saturated carbocycles. The van der Waals surface area contributed by atoms with Gasteiger partial charge in [-0.05, 0) is 38.8 Å².